The number of rotatable bonds is 5. The number of urea groups is 1. The third kappa shape index (κ3) is 7.60. The number of aliphatic hydroxyl groups excluding tert-OH is 1. The Bertz CT molecular complexity index is 1420. The van der Waals surface area contributed by atoms with Crippen LogP contribution in [0.3, 0.4) is 0 Å². The smallest absolute Gasteiger partial charge is 0.387 e. The normalized spacial score (nSPS) is 19.5. The highest BCUT2D eigenvalue weighted by atomic mass is 35.5. The van der Waals surface area contributed by atoms with Crippen molar-refractivity contribution in [1.82, 2.24) is 14.7 Å². The van der Waals surface area contributed by atoms with Crippen LogP contribution >= 0.6 is 23.2 Å². The van der Waals surface area contributed by atoms with Crippen molar-refractivity contribution in [2.75, 3.05) is 51.8 Å². The number of carbonyl (C=O) groups excluding carboxylic acids is 3. The Morgan fingerprint density at radius 2 is 1.44 bits per heavy atom. The highest BCUT2D eigenvalue weighted by molar-refractivity contribution is 6.42. The first-order valence-corrected chi connectivity index (χ1v) is 14.6. The molecule has 0 saturated carbocycles. The molecular formula is C29H30Cl2F6N4O4. The second-order valence-corrected chi connectivity index (χ2v) is 11.9. The number of likely N-dealkylation sites (N-methyl/N-ethyl adjacent to an activating group) is 1. The van der Waals surface area contributed by atoms with E-state index in [1.54, 1.807) is 23.1 Å². The number of likely N-dealkylation sites (tertiary alicyclic amines) is 2. The minimum Gasteiger partial charge on any atom is -0.387 e. The molecule has 0 aromatic heterocycles. The van der Waals surface area contributed by atoms with Crippen molar-refractivity contribution in [2.45, 2.75) is 37.2 Å². The molecule has 0 bridgehead atoms. The predicted octanol–water partition coefficient (Wildman–Crippen LogP) is 5.74. The maximum atomic E-state index is 13.6. The Balaban J connectivity index is 1.62. The van der Waals surface area contributed by atoms with Gasteiger partial charge in [0.15, 0.2) is 0 Å². The van der Waals surface area contributed by atoms with E-state index in [1.807, 2.05) is 0 Å². The van der Waals surface area contributed by atoms with Gasteiger partial charge in [-0.25, -0.2) is 4.79 Å². The predicted molar refractivity (Wildman–Crippen MR) is 154 cm³/mol. The summed E-state index contributed by atoms with van der Waals surface area (Å²) in [5.74, 6) is -1.63. The Labute approximate surface area is 265 Å². The number of benzene rings is 2. The molecule has 2 unspecified atom stereocenters. The van der Waals surface area contributed by atoms with Crippen molar-refractivity contribution in [3.05, 3.63) is 63.1 Å². The van der Waals surface area contributed by atoms with Crippen LogP contribution in [0.1, 0.15) is 35.4 Å². The Kier molecular flexibility index (Phi) is 10.2. The van der Waals surface area contributed by atoms with Crippen molar-refractivity contribution in [2.24, 2.45) is 5.92 Å². The molecular weight excluding hydrogens is 653 g/mol. The molecule has 2 aromatic rings. The first-order chi connectivity index (χ1) is 20.9. The van der Waals surface area contributed by atoms with E-state index >= 15 is 0 Å². The maximum absolute atomic E-state index is 13.6. The molecule has 0 spiro atoms. The molecule has 2 aromatic carbocycles. The summed E-state index contributed by atoms with van der Waals surface area (Å²) in [5, 5.41) is 9.61. The van der Waals surface area contributed by atoms with Gasteiger partial charge in [-0.1, -0.05) is 29.3 Å². The summed E-state index contributed by atoms with van der Waals surface area (Å²) in [6, 6.07) is 4.07. The van der Waals surface area contributed by atoms with E-state index in [9.17, 15) is 40.7 Å². The zero-order valence-electron chi connectivity index (χ0n) is 24.1. The number of alkyl halides is 6. The van der Waals surface area contributed by atoms with Gasteiger partial charge >= 0.3 is 18.4 Å². The van der Waals surface area contributed by atoms with E-state index in [2.05, 4.69) is 0 Å². The van der Waals surface area contributed by atoms with Crippen LogP contribution in [0, 0.1) is 5.92 Å². The molecule has 2 saturated heterocycles. The van der Waals surface area contributed by atoms with Crippen LogP contribution in [0.4, 0.5) is 36.8 Å². The van der Waals surface area contributed by atoms with Gasteiger partial charge in [-0.05, 0) is 48.7 Å². The topological polar surface area (TPSA) is 84.4 Å². The Morgan fingerprint density at radius 3 is 1.96 bits per heavy atom. The molecule has 2 aliphatic heterocycles. The van der Waals surface area contributed by atoms with Crippen LogP contribution in [0.25, 0.3) is 0 Å². The molecule has 0 radical (unpaired) electrons. The van der Waals surface area contributed by atoms with E-state index in [-0.39, 0.29) is 48.2 Å². The third-order valence-corrected chi connectivity index (χ3v) is 9.09. The minimum absolute atomic E-state index is 0.0174. The van der Waals surface area contributed by atoms with Crippen LogP contribution in [0.15, 0.2) is 36.4 Å². The molecule has 0 aliphatic carbocycles. The quantitative estimate of drug-likeness (QED) is 0.408. The average Bonchev–Trinajstić information content (AvgIpc) is 3.45. The molecule has 2 fully saturated rings. The van der Waals surface area contributed by atoms with Crippen molar-refractivity contribution in [3.8, 4) is 0 Å². The summed E-state index contributed by atoms with van der Waals surface area (Å²) in [4.78, 5) is 44.0. The van der Waals surface area contributed by atoms with Gasteiger partial charge in [-0.2, -0.15) is 26.3 Å². The summed E-state index contributed by atoms with van der Waals surface area (Å²) < 4.78 is 80.9. The lowest BCUT2D eigenvalue weighted by atomic mass is 9.93. The second kappa shape index (κ2) is 13.2. The summed E-state index contributed by atoms with van der Waals surface area (Å²) in [5.41, 5.74) is -3.12. The van der Waals surface area contributed by atoms with E-state index < -0.39 is 65.6 Å². The lowest BCUT2D eigenvalue weighted by Crippen LogP contribution is -2.48. The molecule has 16 heteroatoms. The molecule has 2 atom stereocenters. The number of aliphatic hydroxyl groups is 1. The highest BCUT2D eigenvalue weighted by Crippen LogP contribution is 2.40. The van der Waals surface area contributed by atoms with Gasteiger partial charge in [0.25, 0.3) is 0 Å². The maximum Gasteiger partial charge on any atom is 0.416 e. The van der Waals surface area contributed by atoms with E-state index in [4.69, 9.17) is 28.3 Å². The van der Waals surface area contributed by atoms with Crippen LogP contribution in [0.5, 0.6) is 0 Å². The van der Waals surface area contributed by atoms with Crippen molar-refractivity contribution in [1.29, 1.82) is 0 Å². The number of piperidine rings is 1. The summed E-state index contributed by atoms with van der Waals surface area (Å²) >= 11 is 12.3. The number of nitrogens with zero attached hydrogens (tertiary/aromatic N) is 4. The zero-order chi connectivity index (χ0) is 33.4. The van der Waals surface area contributed by atoms with Crippen LogP contribution < -0.4 is 4.90 Å². The second-order valence-electron chi connectivity index (χ2n) is 11.1. The van der Waals surface area contributed by atoms with Crippen LogP contribution in [-0.4, -0.2) is 90.6 Å². The zero-order valence-corrected chi connectivity index (χ0v) is 25.6. The molecule has 1 N–H and O–H groups in total. The molecule has 4 rings (SSSR count). The highest BCUT2D eigenvalue weighted by Gasteiger charge is 2.43. The number of halogens is 8. The monoisotopic (exact) mass is 682 g/mol. The molecule has 4 amide bonds. The summed E-state index contributed by atoms with van der Waals surface area (Å²) in [6.07, 6.45) is -9.48. The minimum atomic E-state index is -5.10. The van der Waals surface area contributed by atoms with Gasteiger partial charge in [0.1, 0.15) is 6.61 Å². The van der Waals surface area contributed by atoms with Crippen molar-refractivity contribution in [3.63, 3.8) is 0 Å². The molecule has 2 aliphatic rings. The number of hydrogen-bond donors (Lipinski definition) is 1. The van der Waals surface area contributed by atoms with Gasteiger partial charge in [-0.3, -0.25) is 14.5 Å². The number of anilines is 1. The fourth-order valence-electron chi connectivity index (χ4n) is 5.78. The summed E-state index contributed by atoms with van der Waals surface area (Å²) in [6.45, 7) is 0.0870. The number of amides is 4. The molecule has 8 nitrogen and oxygen atoms in total. The van der Waals surface area contributed by atoms with Crippen molar-refractivity contribution >= 4 is 46.7 Å². The number of carbonyl (C=O) groups is 3. The van der Waals surface area contributed by atoms with E-state index in [1.165, 1.54) is 16.8 Å². The fourth-order valence-corrected chi connectivity index (χ4v) is 6.09. The largest absolute Gasteiger partial charge is 0.416 e. The summed E-state index contributed by atoms with van der Waals surface area (Å²) in [7, 11) is 2.43. The van der Waals surface area contributed by atoms with Crippen LogP contribution in [-0.2, 0) is 21.9 Å². The van der Waals surface area contributed by atoms with E-state index in [0.717, 1.165) is 7.05 Å². The third-order valence-electron chi connectivity index (χ3n) is 8.35. The van der Waals surface area contributed by atoms with Gasteiger partial charge in [0.05, 0.1) is 27.2 Å². The van der Waals surface area contributed by atoms with Crippen molar-refractivity contribution < 1.29 is 45.8 Å². The number of hydrogen-bond acceptors (Lipinski definition) is 4. The van der Waals surface area contributed by atoms with Gasteiger partial charge < -0.3 is 19.8 Å². The van der Waals surface area contributed by atoms with Crippen LogP contribution in [0.2, 0.25) is 10.0 Å². The lowest BCUT2D eigenvalue weighted by molar-refractivity contribution is -0.143. The van der Waals surface area contributed by atoms with Gasteiger partial charge in [0, 0.05) is 57.8 Å². The average molecular weight is 683 g/mol. The molecule has 246 valence electrons. The standard InChI is InChI=1S/C29H30Cl2F6N4O4/c1-38(20-11-18(28(32,33)34)10-19(12-20)29(35,36)37)27(45)39(2)24-14-41(13-21(24)17-3-4-22(30)23(31)9-17)26(44)16-5-7-40(8-6-16)25(43)15-42/h3-4,9-12,16,21,24,42H,5-8,13-15H2,1-2H3. The Hall–Kier alpha value is -3.23. The molecule has 45 heavy (non-hydrogen) atoms. The van der Waals surface area contributed by atoms with Gasteiger partial charge in [-0.15, -0.1) is 0 Å². The fraction of sp³-hybridized carbons (Fsp3) is 0.483. The van der Waals surface area contributed by atoms with E-state index in [0.29, 0.717) is 35.4 Å². The first-order valence-electron chi connectivity index (χ1n) is 13.8. The SMILES string of the molecule is CN(C(=O)N(C)C1CN(C(=O)C2CCN(C(=O)CO)CC2)CC1c1ccc(Cl)c(Cl)c1)c1cc(C(F)(F)F)cc(C(F)(F)F)c1. The first kappa shape index (κ1) is 34.6. The lowest BCUT2D eigenvalue weighted by Gasteiger charge is -2.34. The molecule has 2 heterocycles. The Morgan fingerprint density at radius 1 is 0.867 bits per heavy atom. The van der Waals surface area contributed by atoms with Gasteiger partial charge in [0.2, 0.25) is 11.8 Å².